The van der Waals surface area contributed by atoms with Gasteiger partial charge in [0.25, 0.3) is 0 Å². The Kier molecular flexibility index (Phi) is 4.62. The van der Waals surface area contributed by atoms with E-state index in [0.29, 0.717) is 0 Å². The maximum atomic E-state index is 4.82. The van der Waals surface area contributed by atoms with Crippen LogP contribution in [0.25, 0.3) is 33.6 Å². The topological polar surface area (TPSA) is 30.2 Å². The van der Waals surface area contributed by atoms with Gasteiger partial charge in [-0.05, 0) is 28.0 Å². The van der Waals surface area contributed by atoms with E-state index in [4.69, 9.17) is 5.10 Å². The van der Waals surface area contributed by atoms with Gasteiger partial charge in [0.05, 0.1) is 11.2 Å². The van der Waals surface area contributed by atoms with Crippen molar-refractivity contribution in [3.05, 3.63) is 103 Å². The maximum absolute atomic E-state index is 4.82. The number of rotatable bonds is 5. The van der Waals surface area contributed by atoms with Crippen LogP contribution in [-0.2, 0) is 5.75 Å². The lowest BCUT2D eigenvalue weighted by molar-refractivity contribution is 0.921. The molecule has 0 aliphatic heterocycles. The molecule has 0 aliphatic carbocycles. The summed E-state index contributed by atoms with van der Waals surface area (Å²) in [5.41, 5.74) is 5.53. The van der Waals surface area contributed by atoms with Crippen molar-refractivity contribution >= 4 is 34.1 Å². The number of nitrogens with zero attached hydrogens (tertiary/aromatic N) is 3. The smallest absolute Gasteiger partial charge is 0.122 e. The average molecular weight is 394 g/mol. The second kappa shape index (κ2) is 7.57. The third kappa shape index (κ3) is 3.43. The Labute approximate surface area is 173 Å². The van der Waals surface area contributed by atoms with Crippen molar-refractivity contribution in [1.29, 1.82) is 0 Å². The third-order valence-electron chi connectivity index (χ3n) is 5.01. The molecule has 0 N–H and O–H groups in total. The number of aromatic nitrogens is 3. The highest BCUT2D eigenvalue weighted by molar-refractivity contribution is 7.98. The van der Waals surface area contributed by atoms with Crippen LogP contribution in [0.3, 0.4) is 0 Å². The van der Waals surface area contributed by atoms with Gasteiger partial charge in [-0.25, -0.2) is 9.50 Å². The minimum absolute atomic E-state index is 0.860. The molecule has 0 saturated carbocycles. The van der Waals surface area contributed by atoms with E-state index in [1.165, 1.54) is 16.3 Å². The largest absolute Gasteiger partial charge is 0.246 e. The van der Waals surface area contributed by atoms with E-state index in [2.05, 4.69) is 84.4 Å². The minimum atomic E-state index is 0.860. The molecule has 3 aromatic carbocycles. The molecule has 2 heterocycles. The fraction of sp³-hybridized carbons (Fsp3) is 0.0400. The highest BCUT2D eigenvalue weighted by Crippen LogP contribution is 2.31. The van der Waals surface area contributed by atoms with Crippen LogP contribution in [0.5, 0.6) is 0 Å². The highest BCUT2D eigenvalue weighted by atomic mass is 32.2. The summed E-state index contributed by atoms with van der Waals surface area (Å²) in [6, 6.07) is 25.4. The molecular formula is C25H19N3S. The summed E-state index contributed by atoms with van der Waals surface area (Å²) in [6.07, 6.45) is 5.59. The summed E-state index contributed by atoms with van der Waals surface area (Å²) < 4.78 is 1.92. The molecular weight excluding hydrogens is 374 g/mol. The molecule has 2 aromatic heterocycles. The normalized spacial score (nSPS) is 11.2. The summed E-state index contributed by atoms with van der Waals surface area (Å²) in [5.74, 6) is 0.860. The lowest BCUT2D eigenvalue weighted by Gasteiger charge is -2.03. The second-order valence-corrected chi connectivity index (χ2v) is 7.82. The standard InChI is InChI=1S/C25H19N3S/c1-2-18-10-12-19(13-11-18)17-29-25-24-16-23(27-28(24)15-14-26-25)22-9-5-7-20-6-3-4-8-21(20)22/h2-16H,1,17H2. The van der Waals surface area contributed by atoms with E-state index in [9.17, 15) is 0 Å². The Bertz CT molecular complexity index is 1310. The predicted octanol–water partition coefficient (Wildman–Crippen LogP) is 6.48. The Balaban J connectivity index is 1.50. The molecule has 140 valence electrons. The molecule has 5 rings (SSSR count). The quantitative estimate of drug-likeness (QED) is 0.320. The van der Waals surface area contributed by atoms with Crippen LogP contribution in [-0.4, -0.2) is 14.6 Å². The van der Waals surface area contributed by atoms with Crippen molar-refractivity contribution < 1.29 is 0 Å². The van der Waals surface area contributed by atoms with Crippen LogP contribution in [0.4, 0.5) is 0 Å². The lowest BCUT2D eigenvalue weighted by Crippen LogP contribution is -1.91. The predicted molar refractivity (Wildman–Crippen MR) is 122 cm³/mol. The second-order valence-electron chi connectivity index (χ2n) is 6.85. The molecule has 0 spiro atoms. The van der Waals surface area contributed by atoms with E-state index in [1.54, 1.807) is 11.8 Å². The van der Waals surface area contributed by atoms with E-state index in [1.807, 2.05) is 23.0 Å². The Morgan fingerprint density at radius 1 is 0.966 bits per heavy atom. The monoisotopic (exact) mass is 393 g/mol. The van der Waals surface area contributed by atoms with Crippen molar-refractivity contribution in [3.63, 3.8) is 0 Å². The van der Waals surface area contributed by atoms with Gasteiger partial charge >= 0.3 is 0 Å². The molecule has 0 unspecified atom stereocenters. The first-order chi connectivity index (χ1) is 14.3. The molecule has 0 radical (unpaired) electrons. The minimum Gasteiger partial charge on any atom is -0.246 e. The van der Waals surface area contributed by atoms with Crippen LogP contribution in [0.2, 0.25) is 0 Å². The van der Waals surface area contributed by atoms with Gasteiger partial charge in [-0.15, -0.1) is 0 Å². The van der Waals surface area contributed by atoms with Gasteiger partial charge in [-0.2, -0.15) is 5.10 Å². The highest BCUT2D eigenvalue weighted by Gasteiger charge is 2.12. The van der Waals surface area contributed by atoms with Crippen molar-refractivity contribution in [2.75, 3.05) is 0 Å². The summed E-state index contributed by atoms with van der Waals surface area (Å²) in [5, 5.41) is 8.24. The molecule has 0 bridgehead atoms. The zero-order chi connectivity index (χ0) is 19.6. The fourth-order valence-corrected chi connectivity index (χ4v) is 4.42. The molecule has 3 nitrogen and oxygen atoms in total. The first kappa shape index (κ1) is 17.7. The Morgan fingerprint density at radius 2 is 1.79 bits per heavy atom. The summed E-state index contributed by atoms with van der Waals surface area (Å²) >= 11 is 1.73. The molecule has 0 atom stereocenters. The van der Waals surface area contributed by atoms with Crippen molar-refractivity contribution in [1.82, 2.24) is 14.6 Å². The van der Waals surface area contributed by atoms with Gasteiger partial charge in [0.15, 0.2) is 0 Å². The lowest BCUT2D eigenvalue weighted by atomic mass is 10.0. The molecule has 0 aliphatic rings. The number of benzene rings is 3. The first-order valence-corrected chi connectivity index (χ1v) is 10.5. The number of fused-ring (bicyclic) bond motifs is 2. The number of hydrogen-bond acceptors (Lipinski definition) is 3. The molecule has 0 saturated heterocycles. The summed E-state index contributed by atoms with van der Waals surface area (Å²) in [6.45, 7) is 3.81. The molecule has 29 heavy (non-hydrogen) atoms. The van der Waals surface area contributed by atoms with E-state index >= 15 is 0 Å². The summed E-state index contributed by atoms with van der Waals surface area (Å²) in [4.78, 5) is 4.61. The van der Waals surface area contributed by atoms with Crippen LogP contribution < -0.4 is 0 Å². The Hall–Kier alpha value is -3.37. The van der Waals surface area contributed by atoms with Crippen LogP contribution in [0.1, 0.15) is 11.1 Å². The SMILES string of the molecule is C=Cc1ccc(CSc2nccn3nc(-c4cccc5ccccc45)cc23)cc1. The van der Waals surface area contributed by atoms with Gasteiger partial charge in [-0.3, -0.25) is 0 Å². The Morgan fingerprint density at radius 3 is 2.66 bits per heavy atom. The zero-order valence-corrected chi connectivity index (χ0v) is 16.6. The van der Waals surface area contributed by atoms with Gasteiger partial charge in [0, 0.05) is 23.7 Å². The van der Waals surface area contributed by atoms with Crippen molar-refractivity contribution in [2.45, 2.75) is 10.8 Å². The third-order valence-corrected chi connectivity index (χ3v) is 6.08. The van der Waals surface area contributed by atoms with Crippen LogP contribution in [0.15, 0.2) is 96.8 Å². The molecule has 0 amide bonds. The summed E-state index contributed by atoms with van der Waals surface area (Å²) in [7, 11) is 0. The maximum Gasteiger partial charge on any atom is 0.122 e. The van der Waals surface area contributed by atoms with Gasteiger partial charge < -0.3 is 0 Å². The van der Waals surface area contributed by atoms with Crippen LogP contribution >= 0.6 is 11.8 Å². The first-order valence-electron chi connectivity index (χ1n) is 9.48. The van der Waals surface area contributed by atoms with Gasteiger partial charge in [0.2, 0.25) is 0 Å². The van der Waals surface area contributed by atoms with Gasteiger partial charge in [-0.1, -0.05) is 91.1 Å². The van der Waals surface area contributed by atoms with Gasteiger partial charge in [0.1, 0.15) is 5.03 Å². The van der Waals surface area contributed by atoms with E-state index in [0.717, 1.165) is 33.1 Å². The van der Waals surface area contributed by atoms with E-state index in [-0.39, 0.29) is 0 Å². The number of thioether (sulfide) groups is 1. The molecule has 0 fully saturated rings. The molecule has 4 heteroatoms. The van der Waals surface area contributed by atoms with Crippen LogP contribution in [0, 0.1) is 0 Å². The fourth-order valence-electron chi connectivity index (χ4n) is 3.49. The number of hydrogen-bond donors (Lipinski definition) is 0. The van der Waals surface area contributed by atoms with Crippen molar-refractivity contribution in [2.24, 2.45) is 0 Å². The van der Waals surface area contributed by atoms with Crippen molar-refractivity contribution in [3.8, 4) is 11.3 Å². The average Bonchev–Trinajstić information content (AvgIpc) is 3.22. The van der Waals surface area contributed by atoms with E-state index < -0.39 is 0 Å². The molecule has 5 aromatic rings. The zero-order valence-electron chi connectivity index (χ0n) is 15.8.